The average Bonchev–Trinajstić information content (AvgIpc) is 3.73. The zero-order chi connectivity index (χ0) is 51.9. The second-order valence-electron chi connectivity index (χ2n) is 17.0. The fourth-order valence-corrected chi connectivity index (χ4v) is 7.65. The van der Waals surface area contributed by atoms with Crippen LogP contribution in [0.15, 0.2) is 60.8 Å². The monoisotopic (exact) mass is 987 g/mol. The molecule has 0 aliphatic carbocycles. The molecule has 4 rings (SSSR count). The first-order chi connectivity index (χ1) is 33.9. The summed E-state index contributed by atoms with van der Waals surface area (Å²) in [5.41, 5.74) is 18.7. The highest BCUT2D eigenvalue weighted by molar-refractivity contribution is 5.98. The summed E-state index contributed by atoms with van der Waals surface area (Å²) in [7, 11) is 0. The van der Waals surface area contributed by atoms with Gasteiger partial charge in [0.05, 0.1) is 6.54 Å². The Labute approximate surface area is 409 Å². The van der Waals surface area contributed by atoms with Crippen molar-refractivity contribution in [2.24, 2.45) is 17.2 Å². The third-order valence-electron chi connectivity index (χ3n) is 11.3. The number of benzene rings is 2. The zero-order valence-electron chi connectivity index (χ0n) is 39.5. The van der Waals surface area contributed by atoms with Crippen molar-refractivity contribution >= 4 is 76.0 Å². The Morgan fingerprint density at radius 3 is 1.82 bits per heavy atom. The third-order valence-corrected chi connectivity index (χ3v) is 11.3. The lowest BCUT2D eigenvalue weighted by atomic mass is 10.0. The minimum atomic E-state index is -1.42. The minimum Gasteiger partial charge on any atom is -0.370 e. The molecule has 3 aromatic rings. The maximum Gasteiger partial charge on any atom is 0.243 e. The van der Waals surface area contributed by atoms with Gasteiger partial charge in [-0.15, -0.1) is 0 Å². The van der Waals surface area contributed by atoms with E-state index < -0.39 is 96.0 Å². The minimum absolute atomic E-state index is 0.000294. The molecule has 0 radical (unpaired) electrons. The van der Waals surface area contributed by atoms with Gasteiger partial charge >= 0.3 is 0 Å². The highest BCUT2D eigenvalue weighted by Gasteiger charge is 2.34. The second kappa shape index (κ2) is 28.3. The molecule has 1 aliphatic rings. The molecular weight excluding hydrogens is 921 g/mol. The van der Waals surface area contributed by atoms with E-state index in [1.807, 2.05) is 18.2 Å². The third kappa shape index (κ3) is 19.3. The molecule has 2 aromatic carbocycles. The van der Waals surface area contributed by atoms with Crippen LogP contribution in [0.2, 0.25) is 0 Å². The summed E-state index contributed by atoms with van der Waals surface area (Å²) in [6, 6.07) is 7.76. The SMILES string of the molecule is CC(=O)NCC(=O)NC1CCC(=O)NCCCC(C(N)=O)NC(=O)[C@H](Cc2c[nH]c3ccccc23)NC(=O)[C@H](CCCNC(=N)N)NC(=O)C(Cc2ccccc2)NC(=O)[C@H](CCCNC(=N)N)NC1=O. The number of nitrogens with two attached hydrogens (primary N) is 3. The number of amides is 9. The maximum atomic E-state index is 14.6. The van der Waals surface area contributed by atoms with Crippen LogP contribution in [0, 0.1) is 10.8 Å². The molecule has 1 aliphatic heterocycles. The molecule has 25 nitrogen and oxygen atoms in total. The van der Waals surface area contributed by atoms with Crippen LogP contribution in [0.1, 0.15) is 69.4 Å². The first kappa shape index (κ1) is 55.3. The molecule has 3 unspecified atom stereocenters. The van der Waals surface area contributed by atoms with Gasteiger partial charge in [0, 0.05) is 62.9 Å². The van der Waals surface area contributed by atoms with E-state index >= 15 is 0 Å². The molecule has 1 aromatic heterocycles. The smallest absolute Gasteiger partial charge is 0.243 e. The number of guanidine groups is 2. The summed E-state index contributed by atoms with van der Waals surface area (Å²) < 4.78 is 0. The normalized spacial score (nSPS) is 21.1. The lowest BCUT2D eigenvalue weighted by Gasteiger charge is -2.28. The highest BCUT2D eigenvalue weighted by atomic mass is 16.2. The largest absolute Gasteiger partial charge is 0.370 e. The lowest BCUT2D eigenvalue weighted by Crippen LogP contribution is -2.60. The Balaban J connectivity index is 1.77. The van der Waals surface area contributed by atoms with Crippen molar-refractivity contribution in [3.63, 3.8) is 0 Å². The van der Waals surface area contributed by atoms with E-state index in [4.69, 9.17) is 28.0 Å². The van der Waals surface area contributed by atoms with Crippen LogP contribution in [0.3, 0.4) is 0 Å². The van der Waals surface area contributed by atoms with Crippen molar-refractivity contribution in [2.75, 3.05) is 26.2 Å². The fraction of sp³-hybridized carbons (Fsp3) is 0.457. The molecule has 71 heavy (non-hydrogen) atoms. The summed E-state index contributed by atoms with van der Waals surface area (Å²) in [4.78, 5) is 125. The van der Waals surface area contributed by atoms with Crippen LogP contribution >= 0.6 is 0 Å². The molecule has 25 heteroatoms. The van der Waals surface area contributed by atoms with Crippen LogP contribution in [-0.2, 0) is 56.0 Å². The number of aromatic amines is 1. The van der Waals surface area contributed by atoms with Crippen LogP contribution in [-0.4, -0.2) is 132 Å². The predicted molar refractivity (Wildman–Crippen MR) is 261 cm³/mol. The molecule has 19 N–H and O–H groups in total. The summed E-state index contributed by atoms with van der Waals surface area (Å²) >= 11 is 0. The standard InChI is InChI=1S/C46H66N16O9/c1-26(63)55-25-38(65)57-34-17-18-37(64)52-19-7-14-31(39(47)66)58-44(71)36(23-28-24-56-30-13-6-5-12-29(28)30)62-41(68)33(16-9-21-54-46(50)51)60-43(70)35(22-27-10-3-2-4-11-27)61-40(67)32(59-42(34)69)15-8-20-53-45(48)49/h2-6,10-13,24,31-36,56H,7-9,14-23,25H2,1H3,(H2,47,66)(H,52,64)(H,55,63)(H,57,65)(H,58,71)(H,59,69)(H,60,70)(H,61,67)(H,62,68)(H4,48,49,53)(H4,50,51,54)/t31?,32-,33-,34?,35?,36-/m0/s1. The van der Waals surface area contributed by atoms with Gasteiger partial charge in [0.25, 0.3) is 0 Å². The second-order valence-corrected chi connectivity index (χ2v) is 17.0. The Bertz CT molecular complexity index is 2380. The first-order valence-electron chi connectivity index (χ1n) is 23.3. The van der Waals surface area contributed by atoms with Crippen LogP contribution in [0.25, 0.3) is 10.9 Å². The number of primary amides is 1. The summed E-state index contributed by atoms with van der Waals surface area (Å²) in [6.07, 6.45) is 1.22. The van der Waals surface area contributed by atoms with Gasteiger partial charge in [-0.05, 0) is 62.1 Å². The van der Waals surface area contributed by atoms with Crippen LogP contribution in [0.5, 0.6) is 0 Å². The Morgan fingerprint density at radius 2 is 1.21 bits per heavy atom. The van der Waals surface area contributed by atoms with Crippen molar-refractivity contribution in [1.82, 2.24) is 58.2 Å². The number of carbonyl (C=O) groups is 9. The van der Waals surface area contributed by atoms with Gasteiger partial charge in [0.1, 0.15) is 36.3 Å². The van der Waals surface area contributed by atoms with Crippen molar-refractivity contribution in [3.8, 4) is 0 Å². The number of nitrogens with one attached hydrogen (secondary N) is 13. The quantitative estimate of drug-likeness (QED) is 0.0381. The van der Waals surface area contributed by atoms with Gasteiger partial charge < -0.3 is 75.4 Å². The Morgan fingerprint density at radius 1 is 0.662 bits per heavy atom. The molecule has 0 spiro atoms. The molecule has 2 heterocycles. The van der Waals surface area contributed by atoms with Gasteiger partial charge in [0.15, 0.2) is 11.9 Å². The molecule has 1 saturated heterocycles. The molecule has 6 atom stereocenters. The van der Waals surface area contributed by atoms with E-state index in [9.17, 15) is 43.2 Å². The van der Waals surface area contributed by atoms with Gasteiger partial charge in [-0.3, -0.25) is 54.0 Å². The number of aromatic nitrogens is 1. The number of hydrogen-bond donors (Lipinski definition) is 16. The average molecular weight is 987 g/mol. The molecule has 9 amide bonds. The summed E-state index contributed by atoms with van der Waals surface area (Å²) in [5.74, 6) is -7.55. The number of carbonyl (C=O) groups excluding carboxylic acids is 9. The van der Waals surface area contributed by atoms with Crippen LogP contribution < -0.4 is 70.4 Å². The Kier molecular flexibility index (Phi) is 22.1. The fourth-order valence-electron chi connectivity index (χ4n) is 7.65. The van der Waals surface area contributed by atoms with Gasteiger partial charge in [-0.25, -0.2) is 0 Å². The predicted octanol–water partition coefficient (Wildman–Crippen LogP) is -3.30. The molecule has 0 bridgehead atoms. The number of rotatable bonds is 16. The van der Waals surface area contributed by atoms with Gasteiger partial charge in [-0.2, -0.15) is 0 Å². The van der Waals surface area contributed by atoms with E-state index in [0.29, 0.717) is 11.1 Å². The van der Waals surface area contributed by atoms with Crippen molar-refractivity contribution in [1.29, 1.82) is 10.8 Å². The lowest BCUT2D eigenvalue weighted by molar-refractivity contribution is -0.135. The van der Waals surface area contributed by atoms with Crippen molar-refractivity contribution in [2.45, 2.75) is 107 Å². The topological polar surface area (TPSA) is 415 Å². The zero-order valence-corrected chi connectivity index (χ0v) is 39.5. The molecule has 384 valence electrons. The molecular formula is C46H66N16O9. The van der Waals surface area contributed by atoms with E-state index in [2.05, 4.69) is 58.2 Å². The molecule has 0 saturated carbocycles. The Hall–Kier alpha value is -8.25. The van der Waals surface area contributed by atoms with E-state index in [-0.39, 0.29) is 95.8 Å². The van der Waals surface area contributed by atoms with Crippen LogP contribution in [0.4, 0.5) is 0 Å². The number of para-hydroxylation sites is 1. The first-order valence-corrected chi connectivity index (χ1v) is 23.3. The van der Waals surface area contributed by atoms with E-state index in [1.54, 1.807) is 42.6 Å². The van der Waals surface area contributed by atoms with E-state index in [1.165, 1.54) is 6.92 Å². The van der Waals surface area contributed by atoms with Crippen molar-refractivity contribution < 1.29 is 43.2 Å². The van der Waals surface area contributed by atoms with Crippen molar-refractivity contribution in [3.05, 3.63) is 71.9 Å². The summed E-state index contributed by atoms with van der Waals surface area (Å²) in [5, 5.41) is 42.2. The maximum absolute atomic E-state index is 14.6. The van der Waals surface area contributed by atoms with Gasteiger partial charge in [0.2, 0.25) is 53.2 Å². The van der Waals surface area contributed by atoms with Gasteiger partial charge in [-0.1, -0.05) is 48.5 Å². The number of fused-ring (bicyclic) bond motifs is 1. The van der Waals surface area contributed by atoms with E-state index in [0.717, 1.165) is 10.9 Å². The molecule has 1 fully saturated rings. The number of hydrogen-bond acceptors (Lipinski definition) is 11. The highest BCUT2D eigenvalue weighted by Crippen LogP contribution is 2.20. The summed E-state index contributed by atoms with van der Waals surface area (Å²) in [6.45, 7) is 0.912. The number of H-pyrrole nitrogens is 1.